The van der Waals surface area contributed by atoms with Crippen molar-refractivity contribution in [3.8, 4) is 11.5 Å². The van der Waals surface area contributed by atoms with Gasteiger partial charge >= 0.3 is 11.9 Å². The van der Waals surface area contributed by atoms with E-state index in [1.165, 1.54) is 18.2 Å². The molecule has 0 aliphatic rings. The Hall–Kier alpha value is -3.40. The normalized spacial score (nSPS) is 11.9. The largest absolute Gasteiger partial charge is 0.423 e. The Morgan fingerprint density at radius 3 is 2.08 bits per heavy atom. The van der Waals surface area contributed by atoms with E-state index in [0.717, 1.165) is 10.8 Å². The highest BCUT2D eigenvalue weighted by Crippen LogP contribution is 2.31. The summed E-state index contributed by atoms with van der Waals surface area (Å²) in [6, 6.07) is 10.7. The van der Waals surface area contributed by atoms with E-state index in [1.807, 2.05) is 38.1 Å². The molecule has 0 amide bonds. The van der Waals surface area contributed by atoms with E-state index >= 15 is 0 Å². The Morgan fingerprint density at radius 1 is 0.808 bits per heavy atom. The molecule has 0 heterocycles. The van der Waals surface area contributed by atoms with E-state index in [1.54, 1.807) is 42.5 Å². The van der Waals surface area contributed by atoms with Gasteiger partial charge in [0.05, 0.1) is 0 Å². The molecule has 0 bridgehead atoms. The van der Waals surface area contributed by atoms with Gasteiger partial charge in [0.25, 0.3) is 0 Å². The topological polar surface area (TPSA) is 52.6 Å². The lowest BCUT2D eigenvalue weighted by molar-refractivity contribution is -0.129. The van der Waals surface area contributed by atoms with Gasteiger partial charge in [0.2, 0.25) is 0 Å². The van der Waals surface area contributed by atoms with E-state index in [9.17, 15) is 9.59 Å². The molecule has 2 aromatic carbocycles. The molecule has 2 rings (SSSR count). The van der Waals surface area contributed by atoms with Crippen LogP contribution in [0.15, 0.2) is 85.0 Å². The van der Waals surface area contributed by atoms with Crippen molar-refractivity contribution >= 4 is 22.7 Å². The second-order valence-corrected chi connectivity index (χ2v) is 5.25. The third kappa shape index (κ3) is 5.60. The molecule has 0 radical (unpaired) electrons. The monoisotopic (exact) mass is 348 g/mol. The highest BCUT2D eigenvalue weighted by Gasteiger charge is 2.10. The van der Waals surface area contributed by atoms with Crippen molar-refractivity contribution in [3.63, 3.8) is 0 Å². The van der Waals surface area contributed by atoms with Crippen LogP contribution in [0.25, 0.3) is 10.8 Å². The van der Waals surface area contributed by atoms with Crippen LogP contribution in [0.2, 0.25) is 0 Å². The molecule has 0 atom stereocenters. The first-order valence-corrected chi connectivity index (χ1v) is 8.19. The summed E-state index contributed by atoms with van der Waals surface area (Å²) in [6.45, 7) is 3.70. The average molecular weight is 348 g/mol. The van der Waals surface area contributed by atoms with Crippen LogP contribution in [0.3, 0.4) is 0 Å². The molecule has 0 spiro atoms. The van der Waals surface area contributed by atoms with Gasteiger partial charge < -0.3 is 9.47 Å². The van der Waals surface area contributed by atoms with Crippen LogP contribution in [-0.4, -0.2) is 11.9 Å². The van der Waals surface area contributed by atoms with Crippen molar-refractivity contribution in [1.82, 2.24) is 0 Å². The number of carbonyl (C=O) groups is 2. The summed E-state index contributed by atoms with van der Waals surface area (Å²) >= 11 is 0. The molecule has 0 N–H and O–H groups in total. The molecule has 4 nitrogen and oxygen atoms in total. The van der Waals surface area contributed by atoms with Gasteiger partial charge in [0, 0.05) is 23.6 Å². The number of fused-ring (bicyclic) bond motifs is 1. The van der Waals surface area contributed by atoms with Gasteiger partial charge in [-0.15, -0.1) is 0 Å². The van der Waals surface area contributed by atoms with Crippen molar-refractivity contribution in [2.75, 3.05) is 0 Å². The molecule has 26 heavy (non-hydrogen) atoms. The lowest BCUT2D eigenvalue weighted by atomic mass is 10.1. The van der Waals surface area contributed by atoms with Crippen molar-refractivity contribution < 1.29 is 19.1 Å². The summed E-state index contributed by atoms with van der Waals surface area (Å²) in [5.74, 6) is -0.383. The molecule has 132 valence electrons. The molecular formula is C22H20O4. The van der Waals surface area contributed by atoms with Gasteiger partial charge in [0.1, 0.15) is 11.5 Å². The second-order valence-electron chi connectivity index (χ2n) is 5.25. The molecule has 4 heteroatoms. The molecule has 0 fully saturated rings. The summed E-state index contributed by atoms with van der Waals surface area (Å²) in [7, 11) is 0. The summed E-state index contributed by atoms with van der Waals surface area (Å²) in [4.78, 5) is 23.8. The molecule has 0 saturated heterocycles. The maximum absolute atomic E-state index is 12.0. The molecular weight excluding hydrogens is 328 g/mol. The van der Waals surface area contributed by atoms with Crippen LogP contribution < -0.4 is 9.47 Å². The average Bonchev–Trinajstić information content (AvgIpc) is 2.62. The smallest absolute Gasteiger partial charge is 0.336 e. The number of allylic oxidation sites excluding steroid dienone is 6. The van der Waals surface area contributed by atoms with Crippen molar-refractivity contribution in [1.29, 1.82) is 0 Å². The number of benzene rings is 2. The third-order valence-electron chi connectivity index (χ3n) is 3.30. The van der Waals surface area contributed by atoms with Gasteiger partial charge in [-0.05, 0) is 25.3 Å². The zero-order valence-electron chi connectivity index (χ0n) is 14.7. The van der Waals surface area contributed by atoms with Crippen molar-refractivity contribution in [2.24, 2.45) is 0 Å². The Balaban J connectivity index is 2.30. The van der Waals surface area contributed by atoms with E-state index in [4.69, 9.17) is 9.47 Å². The Labute approximate surface area is 152 Å². The van der Waals surface area contributed by atoms with Crippen LogP contribution in [0.4, 0.5) is 0 Å². The van der Waals surface area contributed by atoms with E-state index in [-0.39, 0.29) is 0 Å². The van der Waals surface area contributed by atoms with Crippen LogP contribution in [0, 0.1) is 0 Å². The molecule has 0 unspecified atom stereocenters. The van der Waals surface area contributed by atoms with Gasteiger partial charge in [0.15, 0.2) is 0 Å². The fraction of sp³-hybridized carbons (Fsp3) is 0.0909. The third-order valence-corrected chi connectivity index (χ3v) is 3.30. The Morgan fingerprint density at radius 2 is 1.42 bits per heavy atom. The van der Waals surface area contributed by atoms with E-state index in [2.05, 4.69) is 0 Å². The summed E-state index contributed by atoms with van der Waals surface area (Å²) in [6.07, 6.45) is 12.9. The lowest BCUT2D eigenvalue weighted by Crippen LogP contribution is -2.06. The molecule has 0 aromatic heterocycles. The van der Waals surface area contributed by atoms with Crippen LogP contribution in [0.1, 0.15) is 13.8 Å². The quantitative estimate of drug-likeness (QED) is 0.322. The zero-order chi connectivity index (χ0) is 18.8. The Kier molecular flexibility index (Phi) is 7.13. The van der Waals surface area contributed by atoms with E-state index in [0.29, 0.717) is 11.5 Å². The molecule has 0 aliphatic carbocycles. The maximum atomic E-state index is 12.0. The highest BCUT2D eigenvalue weighted by molar-refractivity contribution is 5.94. The van der Waals surface area contributed by atoms with Crippen molar-refractivity contribution in [3.05, 3.63) is 85.0 Å². The zero-order valence-corrected chi connectivity index (χ0v) is 14.7. The minimum atomic E-state index is -0.511. The second kappa shape index (κ2) is 9.79. The van der Waals surface area contributed by atoms with Gasteiger partial charge in [-0.25, -0.2) is 9.59 Å². The predicted octanol–water partition coefficient (Wildman–Crippen LogP) is 4.92. The van der Waals surface area contributed by atoms with Gasteiger partial charge in [-0.1, -0.05) is 60.7 Å². The van der Waals surface area contributed by atoms with Gasteiger partial charge in [-0.2, -0.15) is 0 Å². The summed E-state index contributed by atoms with van der Waals surface area (Å²) in [5.41, 5.74) is 0. The summed E-state index contributed by atoms with van der Waals surface area (Å²) in [5, 5.41) is 1.56. The van der Waals surface area contributed by atoms with Crippen LogP contribution >= 0.6 is 0 Å². The van der Waals surface area contributed by atoms with Crippen LogP contribution in [-0.2, 0) is 9.59 Å². The number of hydrogen-bond acceptors (Lipinski definition) is 4. The molecule has 2 aromatic rings. The van der Waals surface area contributed by atoms with Gasteiger partial charge in [-0.3, -0.25) is 0 Å². The fourth-order valence-corrected chi connectivity index (χ4v) is 2.18. The maximum Gasteiger partial charge on any atom is 0.336 e. The standard InChI is InChI=1S/C22H20O4/c1-3-5-7-13-21(23)25-18-15-17-11-9-10-12-19(17)20(16-18)26-22(24)14-8-6-4-2/h3-16H,1-2H3. The molecule has 0 saturated carbocycles. The fourth-order valence-electron chi connectivity index (χ4n) is 2.18. The number of hydrogen-bond donors (Lipinski definition) is 0. The van der Waals surface area contributed by atoms with Crippen LogP contribution in [0.5, 0.6) is 11.5 Å². The lowest BCUT2D eigenvalue weighted by Gasteiger charge is -2.09. The number of ether oxygens (including phenoxy) is 2. The first kappa shape index (κ1) is 18.9. The SMILES string of the molecule is CC=CC=CC(=O)Oc1cc(OC(=O)C=CC=CC)c2ccccc2c1. The first-order chi connectivity index (χ1) is 12.6. The first-order valence-electron chi connectivity index (χ1n) is 8.19. The minimum Gasteiger partial charge on any atom is -0.423 e. The highest BCUT2D eigenvalue weighted by atomic mass is 16.5. The van der Waals surface area contributed by atoms with Crippen molar-refractivity contribution in [2.45, 2.75) is 13.8 Å². The minimum absolute atomic E-state index is 0.305. The number of esters is 2. The summed E-state index contributed by atoms with van der Waals surface area (Å²) < 4.78 is 10.7. The van der Waals surface area contributed by atoms with E-state index < -0.39 is 11.9 Å². The predicted molar refractivity (Wildman–Crippen MR) is 103 cm³/mol. The number of rotatable bonds is 6. The molecule has 0 aliphatic heterocycles. The number of carbonyl (C=O) groups excluding carboxylic acids is 2. The Bertz CT molecular complexity index is 901.